The summed E-state index contributed by atoms with van der Waals surface area (Å²) in [7, 11) is 0. The van der Waals surface area contributed by atoms with Gasteiger partial charge in [-0.15, -0.1) is 0 Å². The highest BCUT2D eigenvalue weighted by Gasteiger charge is 2.35. The normalized spacial score (nSPS) is 17.1. The molecule has 1 aliphatic heterocycles. The van der Waals surface area contributed by atoms with Crippen LogP contribution in [-0.2, 0) is 0 Å². The Morgan fingerprint density at radius 1 is 0.512 bits per heavy atom. The first kappa shape index (κ1) is 22.6. The van der Waals surface area contributed by atoms with Crippen LogP contribution in [0.5, 0.6) is 0 Å². The van der Waals surface area contributed by atoms with Gasteiger partial charge in [-0.3, -0.25) is 9.88 Å². The molecule has 3 N–H and O–H groups in total. The zero-order valence-electron chi connectivity index (χ0n) is 22.4. The second-order valence-electron chi connectivity index (χ2n) is 11.0. The summed E-state index contributed by atoms with van der Waals surface area (Å²) in [4.78, 5) is 3.68. The lowest BCUT2D eigenvalue weighted by Crippen LogP contribution is -2.94. The van der Waals surface area contributed by atoms with Gasteiger partial charge in [0.2, 0.25) is 12.4 Å². The summed E-state index contributed by atoms with van der Waals surface area (Å²) in [5.41, 5.74) is 7.50. The number of hydrogen-bond donors (Lipinski definition) is 2. The van der Waals surface area contributed by atoms with Crippen molar-refractivity contribution in [2.75, 3.05) is 0 Å². The molecule has 2 aromatic heterocycles. The molecule has 4 heteroatoms. The van der Waals surface area contributed by atoms with Crippen molar-refractivity contribution in [3.05, 3.63) is 139 Å². The van der Waals surface area contributed by atoms with Crippen molar-refractivity contribution in [1.29, 1.82) is 0 Å². The topological polar surface area (TPSA) is 40.4 Å². The van der Waals surface area contributed by atoms with Gasteiger partial charge in [0.1, 0.15) is 0 Å². The molecule has 8 aromatic rings. The first-order valence-corrected chi connectivity index (χ1v) is 14.3. The molecule has 0 amide bonds. The van der Waals surface area contributed by atoms with Gasteiger partial charge in [-0.2, -0.15) is 4.99 Å². The van der Waals surface area contributed by atoms with E-state index in [0.717, 1.165) is 0 Å². The molecule has 4 nitrogen and oxygen atoms in total. The van der Waals surface area contributed by atoms with Crippen LogP contribution in [-0.4, -0.2) is 15.3 Å². The van der Waals surface area contributed by atoms with E-state index in [9.17, 15) is 0 Å². The number of quaternary nitrogens is 1. The molecular weight excluding hydrogens is 500 g/mol. The molecule has 0 radical (unpaired) electrons. The fourth-order valence-electron chi connectivity index (χ4n) is 7.12. The molecule has 2 atom stereocenters. The molecule has 0 fully saturated rings. The van der Waals surface area contributed by atoms with Gasteiger partial charge in [0.15, 0.2) is 0 Å². The average molecular weight is 529 g/mol. The number of hydrogen-bond acceptors (Lipinski definition) is 0. The number of nitrogens with two attached hydrogens (primary N) is 1. The molecule has 41 heavy (non-hydrogen) atoms. The largest absolute Gasteiger partial charge is 0.309 e. The maximum Gasteiger partial charge on any atom is 0.303 e. The van der Waals surface area contributed by atoms with Crippen LogP contribution < -0.4 is 10.3 Å². The Balaban J connectivity index is 1.45. The summed E-state index contributed by atoms with van der Waals surface area (Å²) in [5.74, 6) is 0. The highest BCUT2D eigenvalue weighted by Crippen LogP contribution is 2.46. The predicted octanol–water partition coefficient (Wildman–Crippen LogP) is 5.97. The fraction of sp³-hybridized carbons (Fsp3) is 0.0541. The zero-order valence-corrected chi connectivity index (χ0v) is 22.4. The van der Waals surface area contributed by atoms with Crippen molar-refractivity contribution >= 4 is 60.6 Å². The summed E-state index contributed by atoms with van der Waals surface area (Å²) in [5, 5.41) is 10.2. The number of nitrogens with zero attached hydrogens (tertiary/aromatic N) is 2. The molecule has 0 aliphatic carbocycles. The number of benzene rings is 6. The number of para-hydroxylation sites is 3. The van der Waals surface area contributed by atoms with Gasteiger partial charge in [0.25, 0.3) is 0 Å². The molecule has 9 rings (SSSR count). The van der Waals surface area contributed by atoms with E-state index in [2.05, 4.69) is 159 Å². The van der Waals surface area contributed by atoms with Crippen LogP contribution >= 0.6 is 0 Å². The molecule has 6 aromatic carbocycles. The van der Waals surface area contributed by atoms with Crippen molar-refractivity contribution in [1.82, 2.24) is 9.13 Å². The first-order chi connectivity index (χ1) is 20.4. The average Bonchev–Trinajstić information content (AvgIpc) is 3.75. The third-order valence-electron chi connectivity index (χ3n) is 8.78. The highest BCUT2D eigenvalue weighted by atomic mass is 15.3. The summed E-state index contributed by atoms with van der Waals surface area (Å²) >= 11 is 0. The molecule has 0 saturated carbocycles. The number of aromatic nitrogens is 2. The van der Waals surface area contributed by atoms with E-state index in [0.29, 0.717) is 0 Å². The Labute approximate surface area is 236 Å². The van der Waals surface area contributed by atoms with Gasteiger partial charge < -0.3 is 4.57 Å². The van der Waals surface area contributed by atoms with E-state index in [1.165, 1.54) is 65.6 Å². The quantitative estimate of drug-likeness (QED) is 0.284. The monoisotopic (exact) mass is 528 g/mol. The van der Waals surface area contributed by atoms with Crippen LogP contribution in [0, 0.1) is 0 Å². The van der Waals surface area contributed by atoms with Crippen LogP contribution in [0.25, 0.3) is 60.1 Å². The highest BCUT2D eigenvalue weighted by molar-refractivity contribution is 6.37. The Kier molecular flexibility index (Phi) is 4.77. The van der Waals surface area contributed by atoms with Gasteiger partial charge in [-0.05, 0) is 36.4 Å². The van der Waals surface area contributed by atoms with Crippen molar-refractivity contribution in [2.24, 2.45) is 0 Å². The molecule has 194 valence electrons. The third kappa shape index (κ3) is 3.17. The second-order valence-corrected chi connectivity index (χ2v) is 11.0. The zero-order chi connectivity index (χ0) is 26.9. The minimum absolute atomic E-state index is 0.103. The predicted molar refractivity (Wildman–Crippen MR) is 168 cm³/mol. The minimum atomic E-state index is 0.103. The van der Waals surface area contributed by atoms with Crippen LogP contribution in [0.4, 0.5) is 0 Å². The van der Waals surface area contributed by atoms with Gasteiger partial charge in [-0.1, -0.05) is 97.1 Å². The Hall–Kier alpha value is -5.19. The van der Waals surface area contributed by atoms with E-state index in [-0.39, 0.29) is 12.3 Å². The Morgan fingerprint density at radius 2 is 1.05 bits per heavy atom. The van der Waals surface area contributed by atoms with Crippen LogP contribution in [0.3, 0.4) is 0 Å². The van der Waals surface area contributed by atoms with Gasteiger partial charge in [0, 0.05) is 38.0 Å². The van der Waals surface area contributed by atoms with Gasteiger partial charge >= 0.3 is 6.17 Å². The standard InChI is InChI=1S/C37H26N4/c1-3-13-24(14-4-1)37-38-23-32(39-37)41-31-22-12-10-20-29(31)34-33-28-19-9-11-21-30(28)40(25-15-5-2-6-16-25)35(33)26-17-7-8-18-27(26)36(34)41/h1-23,32,37,39H/p+2. The molecule has 2 unspecified atom stereocenters. The van der Waals surface area contributed by atoms with E-state index < -0.39 is 0 Å². The Morgan fingerprint density at radius 3 is 1.78 bits per heavy atom. The van der Waals surface area contributed by atoms with Gasteiger partial charge in [-0.25, -0.2) is 0 Å². The minimum Gasteiger partial charge on any atom is -0.309 e. The molecule has 0 saturated heterocycles. The second kappa shape index (κ2) is 8.65. The molecule has 0 spiro atoms. The van der Waals surface area contributed by atoms with E-state index >= 15 is 0 Å². The maximum absolute atomic E-state index is 3.68. The summed E-state index contributed by atoms with van der Waals surface area (Å²) in [6.45, 7) is 0. The van der Waals surface area contributed by atoms with E-state index in [1.54, 1.807) is 0 Å². The van der Waals surface area contributed by atoms with Crippen molar-refractivity contribution in [2.45, 2.75) is 12.3 Å². The number of nitrogens with one attached hydrogen (secondary N) is 1. The van der Waals surface area contributed by atoms with Crippen LogP contribution in [0.2, 0.25) is 0 Å². The summed E-state index contributed by atoms with van der Waals surface area (Å²) in [6, 6.07) is 48.2. The van der Waals surface area contributed by atoms with Crippen molar-refractivity contribution in [3.8, 4) is 5.69 Å². The lowest BCUT2D eigenvalue weighted by Gasteiger charge is -2.14. The van der Waals surface area contributed by atoms with Gasteiger partial charge in [0.05, 0.1) is 27.6 Å². The SMILES string of the molecule is C1=[NH+]C(c2ccccc2)[NH2+]C1n1c2ccccc2c2c3c4ccccc4n(-c4ccccc4)c3c3ccccc3c21. The molecule has 3 heterocycles. The maximum atomic E-state index is 3.68. The number of rotatable bonds is 3. The van der Waals surface area contributed by atoms with E-state index in [1.807, 2.05) is 0 Å². The van der Waals surface area contributed by atoms with Crippen molar-refractivity contribution < 1.29 is 10.3 Å². The van der Waals surface area contributed by atoms with E-state index in [4.69, 9.17) is 0 Å². The molecule has 0 bridgehead atoms. The lowest BCUT2D eigenvalue weighted by molar-refractivity contribution is -0.835. The smallest absolute Gasteiger partial charge is 0.303 e. The fourth-order valence-corrected chi connectivity index (χ4v) is 7.12. The Bertz CT molecular complexity index is 2290. The third-order valence-corrected chi connectivity index (χ3v) is 8.78. The number of fused-ring (bicyclic) bond motifs is 10. The molecule has 1 aliphatic rings. The first-order valence-electron chi connectivity index (χ1n) is 14.3. The summed E-state index contributed by atoms with van der Waals surface area (Å²) in [6.07, 6.45) is 2.54. The van der Waals surface area contributed by atoms with Crippen molar-refractivity contribution in [3.63, 3.8) is 0 Å². The summed E-state index contributed by atoms with van der Waals surface area (Å²) < 4.78 is 5.01. The molecular formula is C37H28N4+2. The van der Waals surface area contributed by atoms with Crippen LogP contribution in [0.15, 0.2) is 133 Å². The van der Waals surface area contributed by atoms with Crippen LogP contribution in [0.1, 0.15) is 17.9 Å². The lowest BCUT2D eigenvalue weighted by atomic mass is 9.99.